The van der Waals surface area contributed by atoms with Gasteiger partial charge in [-0.1, -0.05) is 12.1 Å². The highest BCUT2D eigenvalue weighted by atomic mass is 16.7. The predicted molar refractivity (Wildman–Crippen MR) is 87.9 cm³/mol. The Morgan fingerprint density at radius 3 is 2.84 bits per heavy atom. The molecule has 4 rings (SSSR count). The van der Waals surface area contributed by atoms with E-state index < -0.39 is 4.92 Å². The number of nitro benzene ring substituents is 1. The quantitative estimate of drug-likeness (QED) is 0.442. The summed E-state index contributed by atoms with van der Waals surface area (Å²) in [7, 11) is 0. The van der Waals surface area contributed by atoms with E-state index in [0.29, 0.717) is 28.4 Å². The summed E-state index contributed by atoms with van der Waals surface area (Å²) in [4.78, 5) is 15.1. The molecule has 126 valence electrons. The Hall–Kier alpha value is -3.46. The molecule has 0 amide bonds. The lowest BCUT2D eigenvalue weighted by Gasteiger charge is -2.02. The summed E-state index contributed by atoms with van der Waals surface area (Å²) >= 11 is 0. The van der Waals surface area contributed by atoms with Crippen molar-refractivity contribution in [1.29, 1.82) is 0 Å². The molecule has 0 saturated heterocycles. The molecule has 1 N–H and O–H groups in total. The number of para-hydroxylation sites is 2. The molecule has 0 unspecified atom stereocenters. The molecule has 25 heavy (non-hydrogen) atoms. The van der Waals surface area contributed by atoms with Gasteiger partial charge in [-0.15, -0.1) is 0 Å². The van der Waals surface area contributed by atoms with Gasteiger partial charge >= 0.3 is 0 Å². The maximum atomic E-state index is 11.3. The van der Waals surface area contributed by atoms with Gasteiger partial charge in [0.15, 0.2) is 17.3 Å². The predicted octanol–water partition coefficient (Wildman–Crippen LogP) is 2.05. The van der Waals surface area contributed by atoms with Crippen LogP contribution in [0.5, 0.6) is 11.5 Å². The number of benzene rings is 2. The van der Waals surface area contributed by atoms with Crippen LogP contribution in [0.3, 0.4) is 0 Å². The summed E-state index contributed by atoms with van der Waals surface area (Å²) in [5.74, 6) is 1.08. The largest absolute Gasteiger partial charge is 0.454 e. The highest BCUT2D eigenvalue weighted by molar-refractivity contribution is 5.87. The number of rotatable bonds is 4. The van der Waals surface area contributed by atoms with Gasteiger partial charge in [-0.05, 0) is 18.2 Å². The average Bonchev–Trinajstić information content (AvgIpc) is 3.22. The van der Waals surface area contributed by atoms with Crippen LogP contribution in [0.1, 0.15) is 11.4 Å². The lowest BCUT2D eigenvalue weighted by Crippen LogP contribution is -2.00. The summed E-state index contributed by atoms with van der Waals surface area (Å²) in [6.07, 6.45) is 1.34. The molecule has 3 aromatic rings. The van der Waals surface area contributed by atoms with Crippen LogP contribution in [-0.4, -0.2) is 32.7 Å². The van der Waals surface area contributed by atoms with E-state index in [1.165, 1.54) is 23.0 Å². The van der Waals surface area contributed by atoms with Crippen molar-refractivity contribution >= 4 is 22.9 Å². The Balaban J connectivity index is 1.82. The molecule has 0 radical (unpaired) electrons. The third-order valence-corrected chi connectivity index (χ3v) is 3.78. The Morgan fingerprint density at radius 1 is 1.32 bits per heavy atom. The van der Waals surface area contributed by atoms with Gasteiger partial charge in [0.05, 0.1) is 33.8 Å². The molecule has 0 spiro atoms. The van der Waals surface area contributed by atoms with Crippen LogP contribution in [0.15, 0.2) is 41.5 Å². The van der Waals surface area contributed by atoms with E-state index in [0.717, 1.165) is 0 Å². The molecule has 0 aliphatic carbocycles. The summed E-state index contributed by atoms with van der Waals surface area (Å²) < 4.78 is 11.9. The maximum absolute atomic E-state index is 11.3. The van der Waals surface area contributed by atoms with Crippen molar-refractivity contribution in [3.63, 3.8) is 0 Å². The number of hydrogen-bond acceptors (Lipinski definition) is 7. The first-order valence-corrected chi connectivity index (χ1v) is 7.37. The fourth-order valence-corrected chi connectivity index (χ4v) is 2.62. The second kappa shape index (κ2) is 5.87. The Bertz CT molecular complexity index is 1010. The first-order chi connectivity index (χ1) is 12.2. The topological polar surface area (TPSA) is 112 Å². The minimum Gasteiger partial charge on any atom is -0.454 e. The zero-order chi connectivity index (χ0) is 17.4. The van der Waals surface area contributed by atoms with Crippen molar-refractivity contribution in [2.24, 2.45) is 5.10 Å². The monoisotopic (exact) mass is 340 g/mol. The first kappa shape index (κ1) is 15.1. The van der Waals surface area contributed by atoms with Gasteiger partial charge in [-0.3, -0.25) is 10.1 Å². The maximum Gasteiger partial charge on any atom is 0.282 e. The lowest BCUT2D eigenvalue weighted by atomic mass is 10.1. The second-order valence-corrected chi connectivity index (χ2v) is 5.25. The van der Waals surface area contributed by atoms with Gasteiger partial charge in [0.2, 0.25) is 6.79 Å². The number of fused-ring (bicyclic) bond motifs is 2. The molecule has 1 aromatic heterocycles. The third-order valence-electron chi connectivity index (χ3n) is 3.78. The van der Waals surface area contributed by atoms with E-state index in [9.17, 15) is 15.2 Å². The SMILES string of the molecule is O=[N+]([O-])c1cc2c(cc1/C=N/n1c(CO)nc3ccccc31)OCO2. The molecule has 0 fully saturated rings. The molecule has 9 nitrogen and oxygen atoms in total. The van der Waals surface area contributed by atoms with E-state index in [4.69, 9.17) is 9.47 Å². The molecule has 0 saturated carbocycles. The second-order valence-electron chi connectivity index (χ2n) is 5.25. The molecule has 9 heteroatoms. The summed E-state index contributed by atoms with van der Waals surface area (Å²) in [6.45, 7) is -0.289. The molecule has 0 bridgehead atoms. The molecule has 2 aromatic carbocycles. The van der Waals surface area contributed by atoms with Gasteiger partial charge in [0.1, 0.15) is 6.61 Å². The molecule has 1 aliphatic rings. The lowest BCUT2D eigenvalue weighted by molar-refractivity contribution is -0.385. The van der Waals surface area contributed by atoms with Crippen LogP contribution in [-0.2, 0) is 6.61 Å². The number of aliphatic hydroxyl groups excluding tert-OH is 1. The Morgan fingerprint density at radius 2 is 2.08 bits per heavy atom. The Kier molecular flexibility index (Phi) is 3.55. The van der Waals surface area contributed by atoms with Crippen molar-refractivity contribution in [3.05, 3.63) is 57.9 Å². The van der Waals surface area contributed by atoms with Crippen LogP contribution in [0.4, 0.5) is 5.69 Å². The van der Waals surface area contributed by atoms with Crippen molar-refractivity contribution in [3.8, 4) is 11.5 Å². The fraction of sp³-hybridized carbons (Fsp3) is 0.125. The first-order valence-electron chi connectivity index (χ1n) is 7.37. The number of aromatic nitrogens is 2. The molecule has 1 aliphatic heterocycles. The minimum absolute atomic E-state index is 0.0217. The fourth-order valence-electron chi connectivity index (χ4n) is 2.62. The van der Waals surface area contributed by atoms with Gasteiger partial charge in [0.25, 0.3) is 5.69 Å². The van der Waals surface area contributed by atoms with Gasteiger partial charge < -0.3 is 14.6 Å². The Labute approximate surface area is 140 Å². The molecule has 0 atom stereocenters. The molecular weight excluding hydrogens is 328 g/mol. The van der Waals surface area contributed by atoms with Crippen molar-refractivity contribution in [2.75, 3.05) is 6.79 Å². The van der Waals surface area contributed by atoms with E-state index in [1.807, 2.05) is 12.1 Å². The summed E-state index contributed by atoms with van der Waals surface area (Å²) in [6, 6.07) is 10.0. The van der Waals surface area contributed by atoms with Crippen LogP contribution < -0.4 is 9.47 Å². The normalized spacial score (nSPS) is 13.0. The smallest absolute Gasteiger partial charge is 0.282 e. The van der Waals surface area contributed by atoms with E-state index in [-0.39, 0.29) is 24.7 Å². The van der Waals surface area contributed by atoms with Gasteiger partial charge in [0, 0.05) is 0 Å². The van der Waals surface area contributed by atoms with Crippen LogP contribution in [0.25, 0.3) is 11.0 Å². The number of aliphatic hydroxyl groups is 1. The van der Waals surface area contributed by atoms with Crippen molar-refractivity contribution < 1.29 is 19.5 Å². The van der Waals surface area contributed by atoms with Gasteiger partial charge in [-0.2, -0.15) is 5.10 Å². The molecule has 2 heterocycles. The van der Waals surface area contributed by atoms with Crippen molar-refractivity contribution in [2.45, 2.75) is 6.61 Å². The van der Waals surface area contributed by atoms with Crippen LogP contribution >= 0.6 is 0 Å². The molecular formula is C16H12N4O5. The summed E-state index contributed by atoms with van der Waals surface area (Å²) in [5.41, 5.74) is 1.47. The number of ether oxygens (including phenoxy) is 2. The number of nitrogens with zero attached hydrogens (tertiary/aromatic N) is 4. The van der Waals surface area contributed by atoms with E-state index >= 15 is 0 Å². The number of nitro groups is 1. The highest BCUT2D eigenvalue weighted by Gasteiger charge is 2.22. The van der Waals surface area contributed by atoms with Gasteiger partial charge in [-0.25, -0.2) is 9.66 Å². The zero-order valence-corrected chi connectivity index (χ0v) is 12.8. The van der Waals surface area contributed by atoms with E-state index in [2.05, 4.69) is 10.1 Å². The van der Waals surface area contributed by atoms with Crippen LogP contribution in [0, 0.1) is 10.1 Å². The highest BCUT2D eigenvalue weighted by Crippen LogP contribution is 2.37. The standard InChI is InChI=1S/C16H12N4O5/c21-8-16-18-11-3-1-2-4-12(11)19(16)17-7-10-5-14-15(25-9-24-14)6-13(10)20(22)23/h1-7,21H,8-9H2/b17-7+. The average molecular weight is 340 g/mol. The number of imidazole rings is 1. The van der Waals surface area contributed by atoms with Crippen LogP contribution in [0.2, 0.25) is 0 Å². The third kappa shape index (κ3) is 2.56. The van der Waals surface area contributed by atoms with Crippen molar-refractivity contribution in [1.82, 2.24) is 9.66 Å². The van der Waals surface area contributed by atoms with E-state index in [1.54, 1.807) is 12.1 Å². The zero-order valence-electron chi connectivity index (χ0n) is 12.8. The number of hydrogen-bond donors (Lipinski definition) is 1. The summed E-state index contributed by atoms with van der Waals surface area (Å²) in [5, 5.41) is 25.1. The minimum atomic E-state index is -0.512.